The first-order chi connectivity index (χ1) is 9.04. The first kappa shape index (κ1) is 17.5. The molecule has 0 fully saturated rings. The number of benzene rings is 1. The highest BCUT2D eigenvalue weighted by atomic mass is 79.9. The first-order valence-electron chi connectivity index (χ1n) is 5.92. The summed E-state index contributed by atoms with van der Waals surface area (Å²) in [5.41, 5.74) is 0.186. The van der Waals surface area contributed by atoms with Crippen molar-refractivity contribution in [3.8, 4) is 0 Å². The molecule has 1 N–H and O–H groups in total. The summed E-state index contributed by atoms with van der Waals surface area (Å²) in [7, 11) is -3.19. The first-order valence-corrected chi connectivity index (χ1v) is 9.35. The predicted molar refractivity (Wildman–Crippen MR) is 85.4 cm³/mol. The Hall–Kier alpha value is -0.530. The third kappa shape index (κ3) is 4.49. The highest BCUT2D eigenvalue weighted by molar-refractivity contribution is 9.10. The molecule has 4 nitrogen and oxygen atoms in total. The summed E-state index contributed by atoms with van der Waals surface area (Å²) >= 11 is 4.53. The molecule has 0 aliphatic carbocycles. The monoisotopic (exact) mass is 380 g/mol. The molecule has 0 bridgehead atoms. The van der Waals surface area contributed by atoms with Crippen LogP contribution in [0.4, 0.5) is 0 Å². The lowest BCUT2D eigenvalue weighted by Crippen LogP contribution is -2.31. The van der Waals surface area contributed by atoms with Gasteiger partial charge in [-0.25, -0.2) is 13.2 Å². The summed E-state index contributed by atoms with van der Waals surface area (Å²) < 4.78 is 24.0. The van der Waals surface area contributed by atoms with Crippen LogP contribution in [-0.4, -0.2) is 35.7 Å². The molecule has 0 aromatic heterocycles. The van der Waals surface area contributed by atoms with Gasteiger partial charge < -0.3 is 5.11 Å². The Morgan fingerprint density at radius 2 is 1.95 bits per heavy atom. The van der Waals surface area contributed by atoms with Gasteiger partial charge in [0, 0.05) is 15.1 Å². The Bertz CT molecular complexity index is 603. The number of carboxylic acids is 1. The van der Waals surface area contributed by atoms with E-state index in [1.54, 1.807) is 32.9 Å². The maximum atomic E-state index is 12.0. The van der Waals surface area contributed by atoms with E-state index in [-0.39, 0.29) is 11.3 Å². The molecule has 0 saturated carbocycles. The van der Waals surface area contributed by atoms with Crippen LogP contribution in [0.1, 0.15) is 31.1 Å². The largest absolute Gasteiger partial charge is 0.478 e. The van der Waals surface area contributed by atoms with E-state index in [0.717, 1.165) is 4.47 Å². The maximum absolute atomic E-state index is 12.0. The fourth-order valence-electron chi connectivity index (χ4n) is 1.36. The molecule has 7 heteroatoms. The number of sulfone groups is 1. The number of hydrogen-bond donors (Lipinski definition) is 1. The van der Waals surface area contributed by atoms with Crippen LogP contribution in [0.3, 0.4) is 0 Å². The van der Waals surface area contributed by atoms with Crippen LogP contribution in [0.25, 0.3) is 0 Å². The topological polar surface area (TPSA) is 71.4 Å². The molecule has 0 amide bonds. The summed E-state index contributed by atoms with van der Waals surface area (Å²) in [5.74, 6) is -0.665. The zero-order valence-corrected chi connectivity index (χ0v) is 14.7. The minimum atomic E-state index is -3.19. The SMILES string of the molecule is CC(C)(C)S(=O)(=O)CCSc1cc(Br)ccc1C(=O)O. The van der Waals surface area contributed by atoms with Crippen LogP contribution < -0.4 is 0 Å². The average Bonchev–Trinajstić information content (AvgIpc) is 2.26. The van der Waals surface area contributed by atoms with Crippen molar-refractivity contribution in [3.05, 3.63) is 28.2 Å². The zero-order valence-electron chi connectivity index (χ0n) is 11.5. The van der Waals surface area contributed by atoms with Crippen molar-refractivity contribution in [2.24, 2.45) is 0 Å². The second kappa shape index (κ2) is 6.49. The molecule has 1 rings (SSSR count). The van der Waals surface area contributed by atoms with Gasteiger partial charge in [-0.15, -0.1) is 11.8 Å². The second-order valence-electron chi connectivity index (χ2n) is 5.23. The van der Waals surface area contributed by atoms with Crippen LogP contribution in [0.2, 0.25) is 0 Å². The van der Waals surface area contributed by atoms with Crippen LogP contribution in [0.5, 0.6) is 0 Å². The van der Waals surface area contributed by atoms with E-state index in [1.165, 1.54) is 17.8 Å². The van der Waals surface area contributed by atoms with Gasteiger partial charge in [0.25, 0.3) is 0 Å². The molecule has 20 heavy (non-hydrogen) atoms. The van der Waals surface area contributed by atoms with Crippen LogP contribution in [0.15, 0.2) is 27.6 Å². The van der Waals surface area contributed by atoms with Crippen molar-refractivity contribution in [2.45, 2.75) is 30.4 Å². The standard InChI is InChI=1S/C13H17BrO4S2/c1-13(2,3)20(17,18)7-6-19-11-8-9(14)4-5-10(11)12(15)16/h4-5,8H,6-7H2,1-3H3,(H,15,16). The van der Waals surface area contributed by atoms with Gasteiger partial charge >= 0.3 is 5.97 Å². The summed E-state index contributed by atoms with van der Waals surface area (Å²) in [6.07, 6.45) is 0. The fourth-order valence-corrected chi connectivity index (χ4v) is 4.44. The molecule has 1 aromatic rings. The van der Waals surface area contributed by atoms with E-state index >= 15 is 0 Å². The highest BCUT2D eigenvalue weighted by Gasteiger charge is 2.28. The van der Waals surface area contributed by atoms with Gasteiger partial charge in [-0.05, 0) is 39.0 Å². The average molecular weight is 381 g/mol. The van der Waals surface area contributed by atoms with E-state index in [4.69, 9.17) is 5.11 Å². The molecule has 0 radical (unpaired) electrons. The minimum Gasteiger partial charge on any atom is -0.478 e. The van der Waals surface area contributed by atoms with Gasteiger partial charge in [0.1, 0.15) is 0 Å². The summed E-state index contributed by atoms with van der Waals surface area (Å²) in [5, 5.41) is 9.10. The third-order valence-electron chi connectivity index (χ3n) is 2.72. The minimum absolute atomic E-state index is 0.0206. The van der Waals surface area contributed by atoms with E-state index in [0.29, 0.717) is 10.6 Å². The number of rotatable bonds is 5. The van der Waals surface area contributed by atoms with Crippen molar-refractivity contribution in [3.63, 3.8) is 0 Å². The summed E-state index contributed by atoms with van der Waals surface area (Å²) in [6.45, 7) is 4.98. The number of thioether (sulfide) groups is 1. The highest BCUT2D eigenvalue weighted by Crippen LogP contribution is 2.28. The molecule has 0 aliphatic rings. The molecule has 0 heterocycles. The van der Waals surface area contributed by atoms with Crippen LogP contribution in [-0.2, 0) is 9.84 Å². The molecule has 112 valence electrons. The van der Waals surface area contributed by atoms with Crippen LogP contribution in [0, 0.1) is 0 Å². The van der Waals surface area contributed by atoms with Gasteiger partial charge in [-0.1, -0.05) is 15.9 Å². The van der Waals surface area contributed by atoms with E-state index in [2.05, 4.69) is 15.9 Å². The third-order valence-corrected chi connectivity index (χ3v) is 7.13. The molecular weight excluding hydrogens is 364 g/mol. The van der Waals surface area contributed by atoms with Crippen molar-refractivity contribution in [1.82, 2.24) is 0 Å². The van der Waals surface area contributed by atoms with Gasteiger partial charge in [0.15, 0.2) is 9.84 Å². The van der Waals surface area contributed by atoms with Gasteiger partial charge in [-0.3, -0.25) is 0 Å². The van der Waals surface area contributed by atoms with Crippen LogP contribution >= 0.6 is 27.7 Å². The Labute approximate surface area is 132 Å². The fraction of sp³-hybridized carbons (Fsp3) is 0.462. The lowest BCUT2D eigenvalue weighted by Gasteiger charge is -2.18. The van der Waals surface area contributed by atoms with E-state index in [9.17, 15) is 13.2 Å². The smallest absolute Gasteiger partial charge is 0.336 e. The van der Waals surface area contributed by atoms with E-state index < -0.39 is 20.6 Å². The van der Waals surface area contributed by atoms with E-state index in [1.807, 2.05) is 0 Å². The number of carbonyl (C=O) groups is 1. The lowest BCUT2D eigenvalue weighted by atomic mass is 10.2. The van der Waals surface area contributed by atoms with Gasteiger partial charge in [0.05, 0.1) is 16.1 Å². The summed E-state index contributed by atoms with van der Waals surface area (Å²) in [4.78, 5) is 11.7. The second-order valence-corrected chi connectivity index (χ2v) is 10.1. The number of aromatic carboxylic acids is 1. The van der Waals surface area contributed by atoms with Gasteiger partial charge in [0.2, 0.25) is 0 Å². The van der Waals surface area contributed by atoms with Crippen molar-refractivity contribution >= 4 is 43.5 Å². The van der Waals surface area contributed by atoms with Crippen molar-refractivity contribution in [2.75, 3.05) is 11.5 Å². The molecular formula is C13H17BrO4S2. The normalized spacial score (nSPS) is 12.4. The Kier molecular flexibility index (Phi) is 5.69. The molecule has 1 aromatic carbocycles. The molecule has 0 unspecified atom stereocenters. The number of halogens is 1. The van der Waals surface area contributed by atoms with Crippen molar-refractivity contribution < 1.29 is 18.3 Å². The Balaban J connectivity index is 2.82. The van der Waals surface area contributed by atoms with Gasteiger partial charge in [-0.2, -0.15) is 0 Å². The zero-order chi connectivity index (χ0) is 15.6. The predicted octanol–water partition coefficient (Wildman–Crippen LogP) is 3.45. The Morgan fingerprint density at radius 3 is 2.45 bits per heavy atom. The van der Waals surface area contributed by atoms with Crippen molar-refractivity contribution in [1.29, 1.82) is 0 Å². The molecule has 0 spiro atoms. The number of carboxylic acid groups (broad SMARTS) is 1. The Morgan fingerprint density at radius 1 is 1.35 bits per heavy atom. The molecule has 0 aliphatic heterocycles. The lowest BCUT2D eigenvalue weighted by molar-refractivity contribution is 0.0693. The maximum Gasteiger partial charge on any atom is 0.336 e. The molecule has 0 saturated heterocycles. The number of hydrogen-bond acceptors (Lipinski definition) is 4. The summed E-state index contributed by atoms with van der Waals surface area (Å²) in [6, 6.07) is 4.85. The quantitative estimate of drug-likeness (QED) is 0.791. The molecule has 0 atom stereocenters.